The maximum absolute atomic E-state index is 12.7. The van der Waals surface area contributed by atoms with Crippen molar-refractivity contribution in [3.8, 4) is 6.07 Å². The van der Waals surface area contributed by atoms with Crippen LogP contribution in [0, 0.1) is 16.7 Å². The summed E-state index contributed by atoms with van der Waals surface area (Å²) in [5, 5.41) is 12.5. The van der Waals surface area contributed by atoms with Gasteiger partial charge in [-0.25, -0.2) is 9.97 Å². The second-order valence-corrected chi connectivity index (χ2v) is 8.35. The van der Waals surface area contributed by atoms with Crippen LogP contribution in [0.4, 0.5) is 11.5 Å². The zero-order valence-corrected chi connectivity index (χ0v) is 18.1. The Bertz CT molecular complexity index is 1220. The molecule has 0 spiro atoms. The SMILES string of the molecule is CN(C)C(=O)C(C#N)=Cc1cccc(Nc2cnc3[nH]cc(C(=O)C(C)(C)C)c3n2)c1. The van der Waals surface area contributed by atoms with Gasteiger partial charge in [-0.3, -0.25) is 9.59 Å². The molecular formula is C23H24N6O2. The lowest BCUT2D eigenvalue weighted by Crippen LogP contribution is -2.22. The summed E-state index contributed by atoms with van der Waals surface area (Å²) in [5.41, 5.74) is 2.44. The van der Waals surface area contributed by atoms with E-state index in [9.17, 15) is 14.9 Å². The van der Waals surface area contributed by atoms with Crippen LogP contribution >= 0.6 is 0 Å². The number of Topliss-reactive ketones (excluding diaryl/α,β-unsaturated/α-hetero) is 1. The topological polar surface area (TPSA) is 115 Å². The van der Waals surface area contributed by atoms with Crippen LogP contribution in [0.25, 0.3) is 17.2 Å². The molecule has 31 heavy (non-hydrogen) atoms. The summed E-state index contributed by atoms with van der Waals surface area (Å²) in [6, 6.07) is 9.17. The van der Waals surface area contributed by atoms with Gasteiger partial charge < -0.3 is 15.2 Å². The Kier molecular flexibility index (Phi) is 5.88. The van der Waals surface area contributed by atoms with Gasteiger partial charge in [-0.05, 0) is 23.8 Å². The molecule has 3 rings (SSSR count). The molecule has 0 unspecified atom stereocenters. The number of aromatic nitrogens is 3. The van der Waals surface area contributed by atoms with Crippen molar-refractivity contribution in [3.63, 3.8) is 0 Å². The first kappa shape index (κ1) is 21.7. The highest BCUT2D eigenvalue weighted by atomic mass is 16.2. The van der Waals surface area contributed by atoms with Crippen molar-refractivity contribution in [1.82, 2.24) is 19.9 Å². The average molecular weight is 416 g/mol. The number of carbonyl (C=O) groups excluding carboxylic acids is 2. The molecule has 2 aromatic heterocycles. The van der Waals surface area contributed by atoms with Crippen molar-refractivity contribution in [1.29, 1.82) is 5.26 Å². The fourth-order valence-electron chi connectivity index (χ4n) is 2.93. The molecule has 1 aromatic carbocycles. The Hall–Kier alpha value is -3.99. The number of fused-ring (bicyclic) bond motifs is 1. The van der Waals surface area contributed by atoms with E-state index in [-0.39, 0.29) is 17.3 Å². The molecular weight excluding hydrogens is 392 g/mol. The molecule has 0 aliphatic heterocycles. The molecule has 2 heterocycles. The van der Waals surface area contributed by atoms with Gasteiger partial charge >= 0.3 is 0 Å². The second kappa shape index (κ2) is 8.40. The van der Waals surface area contributed by atoms with Crippen LogP contribution in [0.1, 0.15) is 36.7 Å². The predicted molar refractivity (Wildman–Crippen MR) is 120 cm³/mol. The van der Waals surface area contributed by atoms with Gasteiger partial charge in [0.05, 0.1) is 11.8 Å². The Morgan fingerprint density at radius 1 is 1.26 bits per heavy atom. The normalized spacial score (nSPS) is 11.8. The van der Waals surface area contributed by atoms with Crippen molar-refractivity contribution >= 4 is 40.4 Å². The number of aromatic amines is 1. The molecule has 0 bridgehead atoms. The first-order chi connectivity index (χ1) is 14.6. The van der Waals surface area contributed by atoms with E-state index in [0.29, 0.717) is 33.8 Å². The van der Waals surface area contributed by atoms with Gasteiger partial charge in [0.1, 0.15) is 23.0 Å². The maximum Gasteiger partial charge on any atom is 0.264 e. The summed E-state index contributed by atoms with van der Waals surface area (Å²) >= 11 is 0. The van der Waals surface area contributed by atoms with Crippen LogP contribution in [-0.2, 0) is 4.79 Å². The number of benzene rings is 1. The van der Waals surface area contributed by atoms with Crippen molar-refractivity contribution in [2.24, 2.45) is 5.41 Å². The lowest BCUT2D eigenvalue weighted by atomic mass is 9.87. The standard InChI is InChI=1S/C23H24N6O2/c1-23(2,3)20(30)17-12-25-21-19(17)28-18(13-26-21)27-16-8-6-7-14(10-16)9-15(11-24)22(31)29(4)5/h6-10,12-13H,1-5H3,(H,25,26)(H,27,28). The number of hydrogen-bond acceptors (Lipinski definition) is 6. The lowest BCUT2D eigenvalue weighted by molar-refractivity contribution is -0.124. The smallest absolute Gasteiger partial charge is 0.264 e. The van der Waals surface area contributed by atoms with Gasteiger partial charge in [0.2, 0.25) is 0 Å². The molecule has 8 nitrogen and oxygen atoms in total. The van der Waals surface area contributed by atoms with E-state index in [2.05, 4.69) is 20.3 Å². The Morgan fingerprint density at radius 2 is 2.00 bits per heavy atom. The average Bonchev–Trinajstić information content (AvgIpc) is 3.13. The van der Waals surface area contributed by atoms with Crippen molar-refractivity contribution in [2.45, 2.75) is 20.8 Å². The van der Waals surface area contributed by atoms with Gasteiger partial charge in [-0.1, -0.05) is 32.9 Å². The minimum Gasteiger partial charge on any atom is -0.344 e. The van der Waals surface area contributed by atoms with Crippen molar-refractivity contribution in [3.05, 3.63) is 53.4 Å². The molecule has 0 aliphatic carbocycles. The number of hydrogen-bond donors (Lipinski definition) is 2. The number of likely N-dealkylation sites (N-methyl/N-ethyl adjacent to an activating group) is 1. The fraction of sp³-hybridized carbons (Fsp3) is 0.261. The maximum atomic E-state index is 12.7. The largest absolute Gasteiger partial charge is 0.344 e. The number of anilines is 2. The first-order valence-corrected chi connectivity index (χ1v) is 9.69. The number of nitrogens with one attached hydrogen (secondary N) is 2. The minimum atomic E-state index is -0.538. The summed E-state index contributed by atoms with van der Waals surface area (Å²) in [6.45, 7) is 5.58. The highest BCUT2D eigenvalue weighted by Gasteiger charge is 2.26. The third kappa shape index (κ3) is 4.78. The summed E-state index contributed by atoms with van der Waals surface area (Å²) < 4.78 is 0. The zero-order chi connectivity index (χ0) is 22.8. The summed E-state index contributed by atoms with van der Waals surface area (Å²) in [6.07, 6.45) is 4.75. The van der Waals surface area contributed by atoms with Crippen LogP contribution < -0.4 is 5.32 Å². The van der Waals surface area contributed by atoms with Crippen LogP contribution in [0.15, 0.2) is 42.2 Å². The molecule has 0 aliphatic rings. The molecule has 8 heteroatoms. The highest BCUT2D eigenvalue weighted by Crippen LogP contribution is 2.26. The molecule has 0 fully saturated rings. The van der Waals surface area contributed by atoms with E-state index in [0.717, 1.165) is 0 Å². The fourth-order valence-corrected chi connectivity index (χ4v) is 2.93. The number of ketones is 1. The lowest BCUT2D eigenvalue weighted by Gasteiger charge is -2.15. The molecule has 0 saturated heterocycles. The molecule has 3 aromatic rings. The van der Waals surface area contributed by atoms with Crippen LogP contribution in [0.2, 0.25) is 0 Å². The highest BCUT2D eigenvalue weighted by molar-refractivity contribution is 6.08. The van der Waals surface area contributed by atoms with Crippen LogP contribution in [-0.4, -0.2) is 45.6 Å². The van der Waals surface area contributed by atoms with Gasteiger partial charge in [0.25, 0.3) is 5.91 Å². The third-order valence-electron chi connectivity index (χ3n) is 4.53. The van der Waals surface area contributed by atoms with Crippen LogP contribution in [0.3, 0.4) is 0 Å². The van der Waals surface area contributed by atoms with Crippen molar-refractivity contribution < 1.29 is 9.59 Å². The summed E-state index contributed by atoms with van der Waals surface area (Å²) in [7, 11) is 3.19. The molecule has 0 saturated carbocycles. The Labute approximate surface area is 180 Å². The second-order valence-electron chi connectivity index (χ2n) is 8.35. The summed E-state index contributed by atoms with van der Waals surface area (Å²) in [5.74, 6) is 0.0914. The monoisotopic (exact) mass is 416 g/mol. The third-order valence-corrected chi connectivity index (χ3v) is 4.53. The Morgan fingerprint density at radius 3 is 2.65 bits per heavy atom. The quantitative estimate of drug-likeness (QED) is 0.370. The Balaban J connectivity index is 1.91. The molecule has 2 N–H and O–H groups in total. The van der Waals surface area contributed by atoms with Gasteiger partial charge in [-0.2, -0.15) is 5.26 Å². The predicted octanol–water partition coefficient (Wildman–Crippen LogP) is 3.93. The van der Waals surface area contributed by atoms with E-state index in [1.807, 2.05) is 32.9 Å². The van der Waals surface area contributed by atoms with E-state index >= 15 is 0 Å². The number of amides is 1. The van der Waals surface area contributed by atoms with E-state index in [4.69, 9.17) is 0 Å². The molecule has 158 valence electrons. The number of carbonyl (C=O) groups is 2. The van der Waals surface area contributed by atoms with E-state index in [1.165, 1.54) is 11.0 Å². The zero-order valence-electron chi connectivity index (χ0n) is 18.1. The number of H-pyrrole nitrogens is 1. The van der Waals surface area contributed by atoms with Gasteiger partial charge in [0, 0.05) is 31.4 Å². The molecule has 0 radical (unpaired) electrons. The van der Waals surface area contributed by atoms with Gasteiger partial charge in [-0.15, -0.1) is 0 Å². The van der Waals surface area contributed by atoms with E-state index in [1.54, 1.807) is 44.7 Å². The van der Waals surface area contributed by atoms with Gasteiger partial charge in [0.15, 0.2) is 11.4 Å². The van der Waals surface area contributed by atoms with Crippen molar-refractivity contribution in [2.75, 3.05) is 19.4 Å². The van der Waals surface area contributed by atoms with Crippen LogP contribution in [0.5, 0.6) is 0 Å². The first-order valence-electron chi connectivity index (χ1n) is 9.69. The molecule has 1 amide bonds. The summed E-state index contributed by atoms with van der Waals surface area (Å²) in [4.78, 5) is 38.1. The van der Waals surface area contributed by atoms with E-state index < -0.39 is 5.41 Å². The minimum absolute atomic E-state index is 0.0214. The number of nitriles is 1. The number of nitrogens with zero attached hydrogens (tertiary/aromatic N) is 4. The molecule has 0 atom stereocenters. The number of rotatable bonds is 5.